The van der Waals surface area contributed by atoms with E-state index in [1.54, 1.807) is 0 Å². The molecule has 0 spiro atoms. The van der Waals surface area contributed by atoms with E-state index in [0.717, 1.165) is 17.1 Å². The number of hydrogen-bond acceptors (Lipinski definition) is 1. The maximum Gasteiger partial charge on any atom is 0.0540 e. The highest BCUT2D eigenvalue weighted by atomic mass is 15.1. The lowest BCUT2D eigenvalue weighted by Gasteiger charge is -2.31. The largest absolute Gasteiger partial charge is 0.309 e. The molecular weight excluding hydrogens is 603 g/mol. The summed E-state index contributed by atoms with van der Waals surface area (Å²) < 4.78 is 0. The van der Waals surface area contributed by atoms with Crippen molar-refractivity contribution in [3.8, 4) is 44.5 Å². The van der Waals surface area contributed by atoms with E-state index in [2.05, 4.69) is 207 Å². The minimum Gasteiger partial charge on any atom is -0.309 e. The van der Waals surface area contributed by atoms with Gasteiger partial charge in [-0.15, -0.1) is 0 Å². The van der Waals surface area contributed by atoms with Crippen LogP contribution in [0, 0.1) is 0 Å². The number of fused-ring (bicyclic) bond motifs is 4. The van der Waals surface area contributed by atoms with Crippen molar-refractivity contribution in [3.05, 3.63) is 199 Å². The molecule has 0 fully saturated rings. The van der Waals surface area contributed by atoms with Gasteiger partial charge in [0.1, 0.15) is 0 Å². The molecule has 0 amide bonds. The molecule has 1 heteroatoms. The lowest BCUT2D eigenvalue weighted by Crippen LogP contribution is -2.15. The lowest BCUT2D eigenvalue weighted by molar-refractivity contribution is 0.660. The molecule has 0 N–H and O–H groups in total. The third kappa shape index (κ3) is 4.85. The Balaban J connectivity index is 1.36. The summed E-state index contributed by atoms with van der Waals surface area (Å²) in [5.74, 6) is 0. The molecule has 0 bridgehead atoms. The molecule has 0 saturated heterocycles. The molecule has 8 aromatic rings. The monoisotopic (exact) mass is 639 g/mol. The van der Waals surface area contributed by atoms with E-state index in [1.807, 2.05) is 0 Å². The van der Waals surface area contributed by atoms with Gasteiger partial charge >= 0.3 is 0 Å². The first-order valence-corrected chi connectivity index (χ1v) is 17.5. The molecule has 9 rings (SSSR count). The fourth-order valence-electron chi connectivity index (χ4n) is 8.08. The summed E-state index contributed by atoms with van der Waals surface area (Å²) in [6.07, 6.45) is 0. The summed E-state index contributed by atoms with van der Waals surface area (Å²) in [5, 5.41) is 2.48. The Morgan fingerprint density at radius 1 is 0.380 bits per heavy atom. The van der Waals surface area contributed by atoms with Crippen LogP contribution in [0.25, 0.3) is 55.3 Å². The van der Waals surface area contributed by atoms with Crippen LogP contribution in [0.4, 0.5) is 17.1 Å². The normalized spacial score (nSPS) is 12.8. The summed E-state index contributed by atoms with van der Waals surface area (Å²) in [6, 6.07) is 68.6. The fraction of sp³-hybridized carbons (Fsp3) is 0.0612. The second-order valence-electron chi connectivity index (χ2n) is 13.7. The maximum absolute atomic E-state index is 2.46. The Morgan fingerprint density at radius 2 is 0.960 bits per heavy atom. The smallest absolute Gasteiger partial charge is 0.0540 e. The lowest BCUT2D eigenvalue weighted by atomic mass is 9.82. The summed E-state index contributed by atoms with van der Waals surface area (Å²) in [4.78, 5) is 2.46. The van der Waals surface area contributed by atoms with Crippen molar-refractivity contribution in [3.63, 3.8) is 0 Å². The number of para-hydroxylation sites is 2. The SMILES string of the molecule is CC1(C)c2ccccc2-c2c(-c3cc(-c4ccccc4)ccc3N(c3ccccc3)c3ccccc3-c3cccc4ccccc34)cccc21. The van der Waals surface area contributed by atoms with Crippen LogP contribution < -0.4 is 4.90 Å². The minimum absolute atomic E-state index is 0.0980. The minimum atomic E-state index is -0.0980. The van der Waals surface area contributed by atoms with Crippen LogP contribution in [0.2, 0.25) is 0 Å². The molecule has 0 heterocycles. The van der Waals surface area contributed by atoms with Gasteiger partial charge in [-0.05, 0) is 85.6 Å². The fourth-order valence-corrected chi connectivity index (χ4v) is 8.08. The van der Waals surface area contributed by atoms with Crippen molar-refractivity contribution in [2.45, 2.75) is 19.3 Å². The number of nitrogens with zero attached hydrogens (tertiary/aromatic N) is 1. The molecule has 1 aliphatic rings. The third-order valence-corrected chi connectivity index (χ3v) is 10.5. The van der Waals surface area contributed by atoms with Crippen molar-refractivity contribution >= 4 is 27.8 Å². The number of benzene rings is 8. The number of hydrogen-bond donors (Lipinski definition) is 0. The second kappa shape index (κ2) is 12.1. The van der Waals surface area contributed by atoms with Gasteiger partial charge in [-0.2, -0.15) is 0 Å². The third-order valence-electron chi connectivity index (χ3n) is 10.5. The van der Waals surface area contributed by atoms with Gasteiger partial charge in [-0.1, -0.05) is 172 Å². The Labute approximate surface area is 294 Å². The zero-order valence-electron chi connectivity index (χ0n) is 28.3. The van der Waals surface area contributed by atoms with Crippen LogP contribution in [-0.4, -0.2) is 0 Å². The van der Waals surface area contributed by atoms with E-state index in [1.165, 1.54) is 66.4 Å². The average Bonchev–Trinajstić information content (AvgIpc) is 3.42. The van der Waals surface area contributed by atoms with E-state index < -0.39 is 0 Å². The summed E-state index contributed by atoms with van der Waals surface area (Å²) >= 11 is 0. The van der Waals surface area contributed by atoms with Crippen LogP contribution in [0.15, 0.2) is 188 Å². The molecule has 1 aliphatic carbocycles. The highest BCUT2D eigenvalue weighted by Gasteiger charge is 2.37. The van der Waals surface area contributed by atoms with Gasteiger partial charge in [0.25, 0.3) is 0 Å². The molecule has 238 valence electrons. The molecule has 0 unspecified atom stereocenters. The van der Waals surface area contributed by atoms with Crippen molar-refractivity contribution in [2.24, 2.45) is 0 Å². The van der Waals surface area contributed by atoms with Crippen molar-refractivity contribution in [1.82, 2.24) is 0 Å². The van der Waals surface area contributed by atoms with E-state index in [0.29, 0.717) is 0 Å². The van der Waals surface area contributed by atoms with Gasteiger partial charge in [0.15, 0.2) is 0 Å². The topological polar surface area (TPSA) is 3.24 Å². The molecular formula is C49H37N. The Kier molecular flexibility index (Phi) is 7.21. The van der Waals surface area contributed by atoms with Gasteiger partial charge in [0.05, 0.1) is 11.4 Å². The van der Waals surface area contributed by atoms with Gasteiger partial charge < -0.3 is 4.90 Å². The molecule has 0 saturated carbocycles. The summed E-state index contributed by atoms with van der Waals surface area (Å²) in [7, 11) is 0. The van der Waals surface area contributed by atoms with E-state index >= 15 is 0 Å². The Morgan fingerprint density at radius 3 is 1.80 bits per heavy atom. The highest BCUT2D eigenvalue weighted by molar-refractivity contribution is 6.04. The van der Waals surface area contributed by atoms with Crippen molar-refractivity contribution < 1.29 is 0 Å². The van der Waals surface area contributed by atoms with Crippen LogP contribution >= 0.6 is 0 Å². The molecule has 8 aromatic carbocycles. The standard InChI is InChI=1S/C49H37N/c1-49(2)44-28-13-11-25-42(44)48-41(27-16-29-45(48)49)43-33-36(34-17-5-3-6-18-34)31-32-47(43)50(37-21-7-4-8-22-37)46-30-14-12-24-40(46)39-26-15-20-35-19-9-10-23-38(35)39/h3-33H,1-2H3. The summed E-state index contributed by atoms with van der Waals surface area (Å²) in [6.45, 7) is 4.72. The van der Waals surface area contributed by atoms with Gasteiger partial charge in [-0.25, -0.2) is 0 Å². The number of rotatable bonds is 6. The molecule has 0 atom stereocenters. The van der Waals surface area contributed by atoms with Crippen LogP contribution in [0.5, 0.6) is 0 Å². The zero-order valence-corrected chi connectivity index (χ0v) is 28.3. The van der Waals surface area contributed by atoms with Gasteiger partial charge in [-0.3, -0.25) is 0 Å². The number of anilines is 3. The van der Waals surface area contributed by atoms with E-state index in [-0.39, 0.29) is 5.41 Å². The van der Waals surface area contributed by atoms with Crippen LogP contribution in [0.3, 0.4) is 0 Å². The Bertz CT molecular complexity index is 2500. The average molecular weight is 640 g/mol. The first-order valence-electron chi connectivity index (χ1n) is 17.5. The zero-order chi connectivity index (χ0) is 33.7. The summed E-state index contributed by atoms with van der Waals surface area (Å²) in [5.41, 5.74) is 15.9. The Hall–Kier alpha value is -6.18. The molecule has 50 heavy (non-hydrogen) atoms. The predicted molar refractivity (Wildman–Crippen MR) is 213 cm³/mol. The van der Waals surface area contributed by atoms with Crippen LogP contribution in [-0.2, 0) is 5.41 Å². The quantitative estimate of drug-likeness (QED) is 0.175. The maximum atomic E-state index is 2.46. The van der Waals surface area contributed by atoms with Gasteiger partial charge in [0, 0.05) is 22.2 Å². The molecule has 0 radical (unpaired) electrons. The first kappa shape index (κ1) is 29.9. The molecule has 0 aliphatic heterocycles. The van der Waals surface area contributed by atoms with Crippen molar-refractivity contribution in [2.75, 3.05) is 4.90 Å². The van der Waals surface area contributed by atoms with Crippen molar-refractivity contribution in [1.29, 1.82) is 0 Å². The predicted octanol–water partition coefficient (Wildman–Crippen LogP) is 13.6. The van der Waals surface area contributed by atoms with Crippen LogP contribution in [0.1, 0.15) is 25.0 Å². The first-order chi connectivity index (χ1) is 24.6. The molecule has 1 nitrogen and oxygen atoms in total. The molecule has 0 aromatic heterocycles. The second-order valence-corrected chi connectivity index (χ2v) is 13.7. The highest BCUT2D eigenvalue weighted by Crippen LogP contribution is 2.54. The van der Waals surface area contributed by atoms with E-state index in [9.17, 15) is 0 Å². The van der Waals surface area contributed by atoms with E-state index in [4.69, 9.17) is 0 Å². The van der Waals surface area contributed by atoms with Gasteiger partial charge in [0.2, 0.25) is 0 Å².